The van der Waals surface area contributed by atoms with Gasteiger partial charge in [0.25, 0.3) is 0 Å². The molecule has 0 radical (unpaired) electrons. The molecule has 0 fully saturated rings. The maximum atomic E-state index is 12.3. The number of aryl methyl sites for hydroxylation is 4. The molecule has 0 aromatic carbocycles. The van der Waals surface area contributed by atoms with Gasteiger partial charge in [0.05, 0.1) is 6.04 Å². The highest BCUT2D eigenvalue weighted by atomic mass is 32.2. The van der Waals surface area contributed by atoms with Crippen molar-refractivity contribution >= 4 is 17.7 Å². The van der Waals surface area contributed by atoms with Gasteiger partial charge in [-0.05, 0) is 58.9 Å². The van der Waals surface area contributed by atoms with Crippen LogP contribution in [0.25, 0.3) is 0 Å². The smallest absolute Gasteiger partial charge is 0.220 e. The van der Waals surface area contributed by atoms with E-state index in [1.54, 1.807) is 0 Å². The van der Waals surface area contributed by atoms with E-state index in [0.29, 0.717) is 12.8 Å². The van der Waals surface area contributed by atoms with Crippen molar-refractivity contribution in [2.24, 2.45) is 0 Å². The van der Waals surface area contributed by atoms with Gasteiger partial charge in [-0.3, -0.25) is 4.79 Å². The topological polar surface area (TPSA) is 68.0 Å². The van der Waals surface area contributed by atoms with Gasteiger partial charge in [-0.15, -0.1) is 0 Å². The number of furan rings is 1. The van der Waals surface area contributed by atoms with E-state index in [9.17, 15) is 4.79 Å². The molecule has 2 heterocycles. The van der Waals surface area contributed by atoms with E-state index in [1.807, 2.05) is 46.9 Å². The van der Waals surface area contributed by atoms with Crippen LogP contribution in [-0.2, 0) is 11.2 Å². The molecular weight excluding hydrogens is 322 g/mol. The molecule has 0 bridgehead atoms. The largest absolute Gasteiger partial charge is 0.466 e. The van der Waals surface area contributed by atoms with E-state index in [0.717, 1.165) is 39.2 Å². The van der Waals surface area contributed by atoms with Crippen molar-refractivity contribution in [3.8, 4) is 0 Å². The van der Waals surface area contributed by atoms with Crippen LogP contribution in [0, 0.1) is 27.7 Å². The summed E-state index contributed by atoms with van der Waals surface area (Å²) < 4.78 is 5.53. The Morgan fingerprint density at radius 3 is 2.38 bits per heavy atom. The van der Waals surface area contributed by atoms with Crippen LogP contribution in [0.5, 0.6) is 0 Å². The maximum Gasteiger partial charge on any atom is 0.220 e. The molecule has 2 aromatic heterocycles. The minimum atomic E-state index is -0.0627. The standard InChI is InChI=1S/C18H25N3O2S/c1-10-9-16(14(5)23-10)13(4)19-17(22)8-7-15-11(2)20-18(24-6)21-12(15)3/h9,13H,7-8H2,1-6H3,(H,19,22)/t13-/m0/s1. The number of hydrogen-bond acceptors (Lipinski definition) is 5. The normalized spacial score (nSPS) is 12.2. The summed E-state index contributed by atoms with van der Waals surface area (Å²) >= 11 is 1.53. The SMILES string of the molecule is CSc1nc(C)c(CCC(=O)N[C@@H](C)c2cc(C)oc2C)c(C)n1. The summed E-state index contributed by atoms with van der Waals surface area (Å²) in [4.78, 5) is 21.2. The third kappa shape index (κ3) is 4.38. The molecule has 5 nitrogen and oxygen atoms in total. The minimum absolute atomic E-state index is 0.0218. The number of carbonyl (C=O) groups is 1. The fourth-order valence-electron chi connectivity index (χ4n) is 2.87. The van der Waals surface area contributed by atoms with Crippen LogP contribution in [0.2, 0.25) is 0 Å². The van der Waals surface area contributed by atoms with Crippen LogP contribution in [0.1, 0.15) is 53.4 Å². The average molecular weight is 347 g/mol. The molecular formula is C18H25N3O2S. The lowest BCUT2D eigenvalue weighted by Gasteiger charge is -2.14. The number of rotatable bonds is 6. The first-order valence-corrected chi connectivity index (χ1v) is 9.28. The Balaban J connectivity index is 1.97. The van der Waals surface area contributed by atoms with Gasteiger partial charge < -0.3 is 9.73 Å². The van der Waals surface area contributed by atoms with Gasteiger partial charge in [-0.1, -0.05) is 11.8 Å². The molecule has 0 saturated heterocycles. The van der Waals surface area contributed by atoms with Crippen molar-refractivity contribution in [3.63, 3.8) is 0 Å². The molecule has 6 heteroatoms. The van der Waals surface area contributed by atoms with Crippen LogP contribution in [0.3, 0.4) is 0 Å². The number of nitrogens with zero attached hydrogens (tertiary/aromatic N) is 2. The minimum Gasteiger partial charge on any atom is -0.466 e. The van der Waals surface area contributed by atoms with Gasteiger partial charge in [-0.2, -0.15) is 0 Å². The lowest BCUT2D eigenvalue weighted by atomic mass is 10.1. The molecule has 2 rings (SSSR count). The molecule has 0 aliphatic rings. The summed E-state index contributed by atoms with van der Waals surface area (Å²) in [5, 5.41) is 3.81. The zero-order chi connectivity index (χ0) is 17.9. The Morgan fingerprint density at radius 2 is 1.88 bits per heavy atom. The molecule has 0 aliphatic carbocycles. The zero-order valence-corrected chi connectivity index (χ0v) is 16.0. The van der Waals surface area contributed by atoms with Crippen molar-refractivity contribution in [1.29, 1.82) is 0 Å². The summed E-state index contributed by atoms with van der Waals surface area (Å²) in [6.07, 6.45) is 3.03. The molecule has 0 saturated carbocycles. The molecule has 2 aromatic rings. The lowest BCUT2D eigenvalue weighted by Crippen LogP contribution is -2.27. The van der Waals surface area contributed by atoms with Gasteiger partial charge in [0.1, 0.15) is 11.5 Å². The first-order valence-electron chi connectivity index (χ1n) is 8.06. The first-order chi connectivity index (χ1) is 11.3. The van der Waals surface area contributed by atoms with Gasteiger partial charge >= 0.3 is 0 Å². The van der Waals surface area contributed by atoms with Crippen LogP contribution < -0.4 is 5.32 Å². The Morgan fingerprint density at radius 1 is 1.25 bits per heavy atom. The molecule has 0 unspecified atom stereocenters. The highest BCUT2D eigenvalue weighted by molar-refractivity contribution is 7.98. The molecule has 1 N–H and O–H groups in total. The van der Waals surface area contributed by atoms with Gasteiger partial charge in [0.2, 0.25) is 5.91 Å². The van der Waals surface area contributed by atoms with Gasteiger partial charge in [-0.25, -0.2) is 9.97 Å². The highest BCUT2D eigenvalue weighted by Crippen LogP contribution is 2.21. The summed E-state index contributed by atoms with van der Waals surface area (Å²) in [5.41, 5.74) is 4.00. The summed E-state index contributed by atoms with van der Waals surface area (Å²) in [6.45, 7) is 9.75. The van der Waals surface area contributed by atoms with Gasteiger partial charge in [0.15, 0.2) is 5.16 Å². The van der Waals surface area contributed by atoms with Crippen LogP contribution in [0.4, 0.5) is 0 Å². The Bertz CT molecular complexity index is 717. The van der Waals surface area contributed by atoms with Crippen molar-refractivity contribution in [2.45, 2.75) is 58.7 Å². The van der Waals surface area contributed by atoms with Crippen LogP contribution >= 0.6 is 11.8 Å². The third-order valence-electron chi connectivity index (χ3n) is 4.11. The molecule has 0 spiro atoms. The number of amides is 1. The second kappa shape index (κ2) is 7.83. The molecule has 1 atom stereocenters. The fraction of sp³-hybridized carbons (Fsp3) is 0.500. The Kier molecular flexibility index (Phi) is 6.04. The highest BCUT2D eigenvalue weighted by Gasteiger charge is 2.16. The lowest BCUT2D eigenvalue weighted by molar-refractivity contribution is -0.121. The van der Waals surface area contributed by atoms with E-state index >= 15 is 0 Å². The van der Waals surface area contributed by atoms with Crippen molar-refractivity contribution in [2.75, 3.05) is 6.26 Å². The summed E-state index contributed by atoms with van der Waals surface area (Å²) in [7, 11) is 0. The van der Waals surface area contributed by atoms with E-state index in [2.05, 4.69) is 15.3 Å². The van der Waals surface area contributed by atoms with Crippen molar-refractivity contribution in [3.05, 3.63) is 40.1 Å². The van der Waals surface area contributed by atoms with E-state index in [1.165, 1.54) is 11.8 Å². The number of hydrogen-bond donors (Lipinski definition) is 1. The average Bonchev–Trinajstić information content (AvgIpc) is 2.84. The van der Waals surface area contributed by atoms with E-state index in [4.69, 9.17) is 4.42 Å². The fourth-order valence-corrected chi connectivity index (χ4v) is 3.33. The second-order valence-electron chi connectivity index (χ2n) is 6.02. The molecule has 0 aliphatic heterocycles. The summed E-state index contributed by atoms with van der Waals surface area (Å²) in [6, 6.07) is 1.91. The van der Waals surface area contributed by atoms with Crippen LogP contribution in [0.15, 0.2) is 15.6 Å². The number of carbonyl (C=O) groups excluding carboxylic acids is 1. The Labute approximate surface area is 147 Å². The molecule has 24 heavy (non-hydrogen) atoms. The summed E-state index contributed by atoms with van der Waals surface area (Å²) in [5.74, 6) is 1.74. The number of aromatic nitrogens is 2. The monoisotopic (exact) mass is 347 g/mol. The number of thioether (sulfide) groups is 1. The quantitative estimate of drug-likeness (QED) is 0.635. The maximum absolute atomic E-state index is 12.3. The molecule has 130 valence electrons. The first kappa shape index (κ1) is 18.5. The van der Waals surface area contributed by atoms with Crippen molar-refractivity contribution in [1.82, 2.24) is 15.3 Å². The van der Waals surface area contributed by atoms with Crippen LogP contribution in [-0.4, -0.2) is 22.1 Å². The Hall–Kier alpha value is -1.82. The van der Waals surface area contributed by atoms with E-state index < -0.39 is 0 Å². The second-order valence-corrected chi connectivity index (χ2v) is 6.79. The van der Waals surface area contributed by atoms with Gasteiger partial charge in [0, 0.05) is 23.4 Å². The number of nitrogens with one attached hydrogen (secondary N) is 1. The predicted molar refractivity (Wildman–Crippen MR) is 96.3 cm³/mol. The van der Waals surface area contributed by atoms with Crippen molar-refractivity contribution < 1.29 is 9.21 Å². The zero-order valence-electron chi connectivity index (χ0n) is 15.2. The third-order valence-corrected chi connectivity index (χ3v) is 4.66. The molecule has 1 amide bonds. The predicted octanol–water partition coefficient (Wildman–Crippen LogP) is 3.84. The van der Waals surface area contributed by atoms with E-state index in [-0.39, 0.29) is 11.9 Å².